The van der Waals surface area contributed by atoms with Crippen LogP contribution in [0.3, 0.4) is 0 Å². The van der Waals surface area contributed by atoms with Crippen molar-refractivity contribution in [3.63, 3.8) is 0 Å². The fourth-order valence-corrected chi connectivity index (χ4v) is 2.92. The molecule has 0 unspecified atom stereocenters. The Bertz CT molecular complexity index is 442. The summed E-state index contributed by atoms with van der Waals surface area (Å²) >= 11 is 0. The van der Waals surface area contributed by atoms with Crippen LogP contribution in [0.2, 0.25) is 0 Å². The van der Waals surface area contributed by atoms with Gasteiger partial charge >= 0.3 is 12.0 Å². The Hall–Kier alpha value is -1.63. The quantitative estimate of drug-likeness (QED) is 0.721. The van der Waals surface area contributed by atoms with Crippen LogP contribution in [0.5, 0.6) is 0 Å². The molecule has 7 nitrogen and oxygen atoms in total. The lowest BCUT2D eigenvalue weighted by Crippen LogP contribution is -2.43. The lowest BCUT2D eigenvalue weighted by Gasteiger charge is -2.32. The molecule has 0 atom stereocenters. The van der Waals surface area contributed by atoms with Gasteiger partial charge < -0.3 is 15.3 Å². The third-order valence-electron chi connectivity index (χ3n) is 4.25. The standard InChI is InChI=1S/C14H23N3O4/c1-14(2)12(20)17(13(21)15-14)8-7-16-5-3-10(4-6-16)9-11(18)19/h10H,3-9H2,1-2H3,(H,15,21)(H,18,19). The first-order valence-corrected chi connectivity index (χ1v) is 7.38. The number of carboxylic acids is 1. The number of hydrogen-bond acceptors (Lipinski definition) is 4. The number of aliphatic carboxylic acids is 1. The van der Waals surface area contributed by atoms with Gasteiger partial charge in [0.25, 0.3) is 5.91 Å². The first-order chi connectivity index (χ1) is 9.79. The van der Waals surface area contributed by atoms with E-state index in [0.717, 1.165) is 25.9 Å². The third kappa shape index (κ3) is 3.72. The second-order valence-electron chi connectivity index (χ2n) is 6.39. The molecular formula is C14H23N3O4. The van der Waals surface area contributed by atoms with Crippen LogP contribution in [0.25, 0.3) is 0 Å². The molecule has 3 amide bonds. The molecule has 2 fully saturated rings. The molecule has 0 aromatic heterocycles. The molecule has 0 radical (unpaired) electrons. The molecular weight excluding hydrogens is 274 g/mol. The Balaban J connectivity index is 1.76. The van der Waals surface area contributed by atoms with E-state index in [1.54, 1.807) is 13.8 Å². The van der Waals surface area contributed by atoms with E-state index in [-0.39, 0.29) is 24.3 Å². The maximum Gasteiger partial charge on any atom is 0.325 e. The van der Waals surface area contributed by atoms with Crippen LogP contribution in [-0.4, -0.2) is 64.5 Å². The van der Waals surface area contributed by atoms with Crippen molar-refractivity contribution >= 4 is 17.9 Å². The van der Waals surface area contributed by atoms with Crippen LogP contribution in [0.1, 0.15) is 33.1 Å². The zero-order valence-electron chi connectivity index (χ0n) is 12.6. The maximum absolute atomic E-state index is 12.0. The van der Waals surface area contributed by atoms with E-state index in [0.29, 0.717) is 13.1 Å². The van der Waals surface area contributed by atoms with Crippen molar-refractivity contribution in [1.29, 1.82) is 0 Å². The van der Waals surface area contributed by atoms with Crippen molar-refractivity contribution in [3.8, 4) is 0 Å². The molecule has 2 saturated heterocycles. The Labute approximate surface area is 124 Å². The normalized spacial score (nSPS) is 23.4. The Morgan fingerprint density at radius 2 is 1.90 bits per heavy atom. The van der Waals surface area contributed by atoms with Crippen LogP contribution in [0, 0.1) is 5.92 Å². The van der Waals surface area contributed by atoms with Crippen LogP contribution in [0.4, 0.5) is 4.79 Å². The number of likely N-dealkylation sites (tertiary alicyclic amines) is 1. The molecule has 2 heterocycles. The summed E-state index contributed by atoms with van der Waals surface area (Å²) in [6.07, 6.45) is 1.95. The van der Waals surface area contributed by atoms with Crippen molar-refractivity contribution in [1.82, 2.24) is 15.1 Å². The molecule has 2 N–H and O–H groups in total. The first kappa shape index (κ1) is 15.8. The highest BCUT2D eigenvalue weighted by Crippen LogP contribution is 2.21. The molecule has 0 bridgehead atoms. The molecule has 2 rings (SSSR count). The van der Waals surface area contributed by atoms with Crippen LogP contribution in [-0.2, 0) is 9.59 Å². The van der Waals surface area contributed by atoms with Crippen molar-refractivity contribution in [2.45, 2.75) is 38.6 Å². The van der Waals surface area contributed by atoms with Gasteiger partial charge in [0.2, 0.25) is 0 Å². The zero-order valence-corrected chi connectivity index (χ0v) is 12.6. The Kier molecular flexibility index (Phi) is 4.51. The largest absolute Gasteiger partial charge is 0.481 e. The average Bonchev–Trinajstić information content (AvgIpc) is 2.58. The van der Waals surface area contributed by atoms with E-state index in [4.69, 9.17) is 5.11 Å². The van der Waals surface area contributed by atoms with Crippen molar-refractivity contribution in [2.24, 2.45) is 5.92 Å². The monoisotopic (exact) mass is 297 g/mol. The van der Waals surface area contributed by atoms with Gasteiger partial charge in [0, 0.05) is 19.5 Å². The molecule has 118 valence electrons. The summed E-state index contributed by atoms with van der Waals surface area (Å²) < 4.78 is 0. The molecule has 0 saturated carbocycles. The van der Waals surface area contributed by atoms with Crippen LogP contribution < -0.4 is 5.32 Å². The van der Waals surface area contributed by atoms with Crippen molar-refractivity contribution in [3.05, 3.63) is 0 Å². The van der Waals surface area contributed by atoms with Gasteiger partial charge in [-0.1, -0.05) is 0 Å². The number of imide groups is 1. The number of nitrogens with zero attached hydrogens (tertiary/aromatic N) is 2. The predicted molar refractivity (Wildman–Crippen MR) is 75.7 cm³/mol. The summed E-state index contributed by atoms with van der Waals surface area (Å²) in [5, 5.41) is 11.4. The van der Waals surface area contributed by atoms with Crippen molar-refractivity contribution in [2.75, 3.05) is 26.2 Å². The van der Waals surface area contributed by atoms with Gasteiger partial charge in [0.1, 0.15) is 5.54 Å². The maximum atomic E-state index is 12.0. The number of carbonyl (C=O) groups excluding carboxylic acids is 2. The number of urea groups is 1. The summed E-state index contributed by atoms with van der Waals surface area (Å²) in [4.78, 5) is 37.9. The zero-order chi connectivity index (χ0) is 15.6. The Morgan fingerprint density at radius 3 is 2.38 bits per heavy atom. The third-order valence-corrected chi connectivity index (χ3v) is 4.25. The molecule has 2 aliphatic rings. The molecule has 0 spiro atoms. The molecule has 21 heavy (non-hydrogen) atoms. The van der Waals surface area contributed by atoms with Gasteiger partial charge in [-0.2, -0.15) is 0 Å². The molecule has 0 aromatic rings. The van der Waals surface area contributed by atoms with E-state index in [1.807, 2.05) is 0 Å². The summed E-state index contributed by atoms with van der Waals surface area (Å²) in [7, 11) is 0. The van der Waals surface area contributed by atoms with Crippen LogP contribution in [0.15, 0.2) is 0 Å². The summed E-state index contributed by atoms with van der Waals surface area (Å²) in [5.74, 6) is -0.683. The fourth-order valence-electron chi connectivity index (χ4n) is 2.92. The van der Waals surface area contributed by atoms with Gasteiger partial charge in [0.05, 0.1) is 0 Å². The number of rotatable bonds is 5. The van der Waals surface area contributed by atoms with Crippen molar-refractivity contribution < 1.29 is 19.5 Å². The van der Waals surface area contributed by atoms with Gasteiger partial charge in [0.15, 0.2) is 0 Å². The van der Waals surface area contributed by atoms with E-state index < -0.39 is 11.5 Å². The summed E-state index contributed by atoms with van der Waals surface area (Å²) in [6, 6.07) is -0.328. The van der Waals surface area contributed by atoms with E-state index >= 15 is 0 Å². The van der Waals surface area contributed by atoms with Crippen LogP contribution >= 0.6 is 0 Å². The van der Waals surface area contributed by atoms with E-state index in [2.05, 4.69) is 10.2 Å². The number of carboxylic acid groups (broad SMARTS) is 1. The number of carbonyl (C=O) groups is 3. The van der Waals surface area contributed by atoms with E-state index in [9.17, 15) is 14.4 Å². The predicted octanol–water partition coefficient (Wildman–Crippen LogP) is 0.503. The average molecular weight is 297 g/mol. The molecule has 2 aliphatic heterocycles. The van der Waals surface area contributed by atoms with E-state index in [1.165, 1.54) is 4.90 Å². The number of nitrogens with one attached hydrogen (secondary N) is 1. The SMILES string of the molecule is CC1(C)NC(=O)N(CCN2CCC(CC(=O)O)CC2)C1=O. The number of amides is 3. The lowest BCUT2D eigenvalue weighted by atomic mass is 9.94. The van der Waals surface area contributed by atoms with Gasteiger partial charge in [-0.25, -0.2) is 4.79 Å². The fraction of sp³-hybridized carbons (Fsp3) is 0.786. The van der Waals surface area contributed by atoms with Gasteiger partial charge in [-0.15, -0.1) is 0 Å². The second-order valence-corrected chi connectivity index (χ2v) is 6.39. The summed E-state index contributed by atoms with van der Waals surface area (Å²) in [5.41, 5.74) is -0.814. The number of hydrogen-bond donors (Lipinski definition) is 2. The van der Waals surface area contributed by atoms with Gasteiger partial charge in [-0.3, -0.25) is 14.5 Å². The molecule has 0 aliphatic carbocycles. The molecule has 0 aromatic carbocycles. The highest BCUT2D eigenvalue weighted by atomic mass is 16.4. The smallest absolute Gasteiger partial charge is 0.325 e. The summed E-state index contributed by atoms with van der Waals surface area (Å²) in [6.45, 7) is 6.08. The topological polar surface area (TPSA) is 90.0 Å². The minimum absolute atomic E-state index is 0.187. The van der Waals surface area contributed by atoms with Gasteiger partial charge in [-0.05, 0) is 45.7 Å². The Morgan fingerprint density at radius 1 is 1.29 bits per heavy atom. The number of piperidine rings is 1. The minimum Gasteiger partial charge on any atom is -0.481 e. The molecule has 7 heteroatoms. The first-order valence-electron chi connectivity index (χ1n) is 7.38. The lowest BCUT2D eigenvalue weighted by molar-refractivity contribution is -0.138. The second kappa shape index (κ2) is 6.01. The minimum atomic E-state index is -0.814. The highest BCUT2D eigenvalue weighted by Gasteiger charge is 2.44. The highest BCUT2D eigenvalue weighted by molar-refractivity contribution is 6.06.